The molecule has 0 radical (unpaired) electrons. The van der Waals surface area contributed by atoms with Crippen LogP contribution in [0.15, 0.2) is 48.3 Å². The van der Waals surface area contributed by atoms with E-state index in [1.54, 1.807) is 12.3 Å². The number of halogens is 2. The second kappa shape index (κ2) is 9.82. The summed E-state index contributed by atoms with van der Waals surface area (Å²) in [6.45, 7) is 4.00. The number of aromatic nitrogens is 2. The molecular formula is C23H21Cl2N5O4. The number of carbonyl (C=O) groups excluding carboxylic acids is 1. The van der Waals surface area contributed by atoms with Gasteiger partial charge in [-0.15, -0.1) is 0 Å². The van der Waals surface area contributed by atoms with Crippen LogP contribution in [-0.4, -0.2) is 60.2 Å². The standard InChI is InChI=1S/C23H21Cl2N5O4/c1-4-19(31)30-10-15(16(11-30)29-32)28-23-26-9-13-7-12(5-6-14(13)27-23)20-21(24)17(33-2)8-18(34-3)22(20)25/h4-9,15-16H,1,10-11H2,2-3H3,(H,26,27,28)/t15-,16+/m1/s1. The van der Waals surface area contributed by atoms with Crippen molar-refractivity contribution < 1.29 is 14.3 Å². The number of ether oxygens (including phenoxy) is 2. The molecule has 1 aromatic heterocycles. The number of hydrogen-bond donors (Lipinski definition) is 1. The van der Waals surface area contributed by atoms with Crippen molar-refractivity contribution in [1.82, 2.24) is 14.9 Å². The van der Waals surface area contributed by atoms with E-state index in [0.717, 1.165) is 10.9 Å². The molecule has 1 saturated heterocycles. The Hall–Kier alpha value is -3.43. The molecule has 0 bridgehead atoms. The Morgan fingerprint density at radius 3 is 2.53 bits per heavy atom. The summed E-state index contributed by atoms with van der Waals surface area (Å²) in [5, 5.41) is 7.73. The molecule has 1 aliphatic rings. The van der Waals surface area contributed by atoms with Gasteiger partial charge >= 0.3 is 0 Å². The number of nitrogens with zero attached hydrogens (tertiary/aromatic N) is 4. The predicted octanol–water partition coefficient (Wildman–Crippen LogP) is 4.56. The number of benzene rings is 2. The molecule has 3 aromatic rings. The van der Waals surface area contributed by atoms with Crippen LogP contribution in [0.5, 0.6) is 11.5 Å². The van der Waals surface area contributed by atoms with E-state index in [1.165, 1.54) is 25.2 Å². The average molecular weight is 502 g/mol. The van der Waals surface area contributed by atoms with Crippen molar-refractivity contribution >= 4 is 46.0 Å². The predicted molar refractivity (Wildman–Crippen MR) is 132 cm³/mol. The van der Waals surface area contributed by atoms with Crippen molar-refractivity contribution in [1.29, 1.82) is 0 Å². The molecule has 0 saturated carbocycles. The van der Waals surface area contributed by atoms with Gasteiger partial charge in [-0.25, -0.2) is 9.97 Å². The fourth-order valence-electron chi connectivity index (χ4n) is 3.91. The van der Waals surface area contributed by atoms with Crippen molar-refractivity contribution in [3.63, 3.8) is 0 Å². The highest BCUT2D eigenvalue weighted by Gasteiger charge is 2.36. The van der Waals surface area contributed by atoms with Gasteiger partial charge in [0.2, 0.25) is 11.9 Å². The lowest BCUT2D eigenvalue weighted by Gasteiger charge is -2.16. The largest absolute Gasteiger partial charge is 0.495 e. The van der Waals surface area contributed by atoms with E-state index < -0.39 is 12.1 Å². The number of nitrogens with one attached hydrogen (secondary N) is 1. The molecule has 2 aromatic carbocycles. The minimum absolute atomic E-state index is 0.217. The minimum Gasteiger partial charge on any atom is -0.495 e. The molecule has 0 spiro atoms. The van der Waals surface area contributed by atoms with Gasteiger partial charge in [0, 0.05) is 36.3 Å². The van der Waals surface area contributed by atoms with Crippen LogP contribution in [0.3, 0.4) is 0 Å². The van der Waals surface area contributed by atoms with Gasteiger partial charge in [-0.3, -0.25) is 4.79 Å². The van der Waals surface area contributed by atoms with E-state index in [4.69, 9.17) is 32.7 Å². The first kappa shape index (κ1) is 23.7. The molecule has 11 heteroatoms. The summed E-state index contributed by atoms with van der Waals surface area (Å²) >= 11 is 13.1. The zero-order chi connectivity index (χ0) is 24.4. The fourth-order valence-corrected chi connectivity index (χ4v) is 4.63. The molecular weight excluding hydrogens is 481 g/mol. The summed E-state index contributed by atoms with van der Waals surface area (Å²) in [7, 11) is 3.03. The van der Waals surface area contributed by atoms with Crippen molar-refractivity contribution in [3.05, 3.63) is 58.1 Å². The third kappa shape index (κ3) is 4.36. The Kier molecular flexibility index (Phi) is 6.85. The number of carbonyl (C=O) groups is 1. The SMILES string of the molecule is C=CC(=O)N1C[C@H](N=O)[C@H](Nc2ncc3cc(-c4c(Cl)c(OC)cc(OC)c4Cl)ccc3n2)C1. The molecule has 2 heterocycles. The second-order valence-electron chi connectivity index (χ2n) is 7.62. The number of nitroso groups, excluding NO2 is 1. The molecule has 1 aliphatic heterocycles. The Morgan fingerprint density at radius 1 is 1.21 bits per heavy atom. The zero-order valence-electron chi connectivity index (χ0n) is 18.4. The molecule has 1 fully saturated rings. The highest BCUT2D eigenvalue weighted by molar-refractivity contribution is 6.41. The summed E-state index contributed by atoms with van der Waals surface area (Å²) in [5.41, 5.74) is 1.97. The summed E-state index contributed by atoms with van der Waals surface area (Å²) in [6, 6.07) is 6.12. The maximum Gasteiger partial charge on any atom is 0.246 e. The third-order valence-corrected chi connectivity index (χ3v) is 6.42. The molecule has 2 atom stereocenters. The van der Waals surface area contributed by atoms with E-state index in [0.29, 0.717) is 45.1 Å². The quantitative estimate of drug-likeness (QED) is 0.373. The minimum atomic E-state index is -0.613. The number of likely N-dealkylation sites (tertiary alicyclic amines) is 1. The number of methoxy groups -OCH3 is 2. The molecule has 9 nitrogen and oxygen atoms in total. The van der Waals surface area contributed by atoms with Gasteiger partial charge in [-0.1, -0.05) is 41.0 Å². The van der Waals surface area contributed by atoms with E-state index in [9.17, 15) is 9.70 Å². The van der Waals surface area contributed by atoms with Crippen LogP contribution in [0.2, 0.25) is 10.0 Å². The number of hydrogen-bond acceptors (Lipinski definition) is 8. The maximum atomic E-state index is 11.9. The lowest BCUT2D eigenvalue weighted by Crippen LogP contribution is -2.32. The van der Waals surface area contributed by atoms with Gasteiger partial charge in [0.25, 0.3) is 0 Å². The topological polar surface area (TPSA) is 106 Å². The third-order valence-electron chi connectivity index (χ3n) is 5.67. The average Bonchev–Trinajstić information content (AvgIpc) is 3.26. The van der Waals surface area contributed by atoms with Gasteiger partial charge in [-0.05, 0) is 23.8 Å². The van der Waals surface area contributed by atoms with E-state index in [1.807, 2.05) is 18.2 Å². The van der Waals surface area contributed by atoms with Gasteiger partial charge in [0.15, 0.2) is 0 Å². The first-order valence-corrected chi connectivity index (χ1v) is 11.0. The van der Waals surface area contributed by atoms with Gasteiger partial charge in [0.1, 0.15) is 17.5 Å². The molecule has 1 N–H and O–H groups in total. The Bertz CT molecular complexity index is 1260. The van der Waals surface area contributed by atoms with Gasteiger partial charge in [-0.2, -0.15) is 4.91 Å². The summed E-state index contributed by atoms with van der Waals surface area (Å²) in [4.78, 5) is 33.6. The Labute approximate surface area is 205 Å². The smallest absolute Gasteiger partial charge is 0.246 e. The van der Waals surface area contributed by atoms with Crippen molar-refractivity contribution in [2.45, 2.75) is 12.1 Å². The number of amides is 1. The molecule has 34 heavy (non-hydrogen) atoms. The Balaban J connectivity index is 1.64. The van der Waals surface area contributed by atoms with E-state index in [2.05, 4.69) is 27.0 Å². The molecule has 1 amide bonds. The van der Waals surface area contributed by atoms with Crippen LogP contribution >= 0.6 is 23.2 Å². The summed E-state index contributed by atoms with van der Waals surface area (Å²) in [5.74, 6) is 0.947. The zero-order valence-corrected chi connectivity index (χ0v) is 19.9. The summed E-state index contributed by atoms with van der Waals surface area (Å²) in [6.07, 6.45) is 2.86. The number of fused-ring (bicyclic) bond motifs is 1. The van der Waals surface area contributed by atoms with Crippen molar-refractivity contribution in [2.75, 3.05) is 32.6 Å². The van der Waals surface area contributed by atoms with Gasteiger partial charge in [0.05, 0.1) is 35.8 Å². The van der Waals surface area contributed by atoms with Crippen LogP contribution in [0.4, 0.5) is 5.95 Å². The lowest BCUT2D eigenvalue weighted by atomic mass is 10.0. The van der Waals surface area contributed by atoms with E-state index >= 15 is 0 Å². The fraction of sp³-hybridized carbons (Fsp3) is 0.261. The lowest BCUT2D eigenvalue weighted by molar-refractivity contribution is -0.125. The van der Waals surface area contributed by atoms with E-state index in [-0.39, 0.29) is 12.5 Å². The summed E-state index contributed by atoms with van der Waals surface area (Å²) < 4.78 is 10.7. The van der Waals surface area contributed by atoms with Crippen LogP contribution in [0.25, 0.3) is 22.0 Å². The molecule has 0 unspecified atom stereocenters. The monoisotopic (exact) mass is 501 g/mol. The Morgan fingerprint density at radius 2 is 1.91 bits per heavy atom. The first-order chi connectivity index (χ1) is 16.4. The normalized spacial score (nSPS) is 17.5. The van der Waals surface area contributed by atoms with Crippen LogP contribution < -0.4 is 14.8 Å². The highest BCUT2D eigenvalue weighted by atomic mass is 35.5. The molecule has 176 valence electrons. The number of rotatable bonds is 7. The highest BCUT2D eigenvalue weighted by Crippen LogP contribution is 2.46. The van der Waals surface area contributed by atoms with Crippen molar-refractivity contribution in [2.24, 2.45) is 5.18 Å². The van der Waals surface area contributed by atoms with Crippen LogP contribution in [-0.2, 0) is 4.79 Å². The number of anilines is 1. The first-order valence-electron chi connectivity index (χ1n) is 10.3. The second-order valence-corrected chi connectivity index (χ2v) is 8.38. The van der Waals surface area contributed by atoms with Crippen LogP contribution in [0.1, 0.15) is 0 Å². The van der Waals surface area contributed by atoms with Crippen molar-refractivity contribution in [3.8, 4) is 22.6 Å². The van der Waals surface area contributed by atoms with Gasteiger partial charge < -0.3 is 19.7 Å². The van der Waals surface area contributed by atoms with Crippen LogP contribution in [0, 0.1) is 4.91 Å². The molecule has 0 aliphatic carbocycles. The maximum absolute atomic E-state index is 11.9. The molecule has 4 rings (SSSR count).